The molecule has 0 aromatic heterocycles. The lowest BCUT2D eigenvalue weighted by atomic mass is 10.1. The molecule has 1 N–H and O–H groups in total. The Bertz CT molecular complexity index is 667. The van der Waals surface area contributed by atoms with Crippen molar-refractivity contribution in [1.82, 2.24) is 0 Å². The monoisotopic (exact) mass is 350 g/mol. The van der Waals surface area contributed by atoms with E-state index >= 15 is 0 Å². The SMILES string of the molecule is CCN(CC)c1ccc(NC(=O)Cc2ccc(Cl)cc2Cl)cc1. The van der Waals surface area contributed by atoms with Crippen molar-refractivity contribution >= 4 is 40.5 Å². The zero-order valence-corrected chi connectivity index (χ0v) is 14.8. The summed E-state index contributed by atoms with van der Waals surface area (Å²) in [5.74, 6) is -0.107. The van der Waals surface area contributed by atoms with Crippen molar-refractivity contribution in [2.45, 2.75) is 20.3 Å². The van der Waals surface area contributed by atoms with Gasteiger partial charge in [0.1, 0.15) is 0 Å². The summed E-state index contributed by atoms with van der Waals surface area (Å²) in [7, 11) is 0. The smallest absolute Gasteiger partial charge is 0.228 e. The number of halogens is 2. The molecule has 0 fully saturated rings. The van der Waals surface area contributed by atoms with E-state index in [1.54, 1.807) is 18.2 Å². The van der Waals surface area contributed by atoms with Crippen LogP contribution in [0.5, 0.6) is 0 Å². The molecule has 0 aliphatic carbocycles. The first-order valence-electron chi connectivity index (χ1n) is 7.62. The van der Waals surface area contributed by atoms with Gasteiger partial charge in [0, 0.05) is 34.5 Å². The van der Waals surface area contributed by atoms with Crippen LogP contribution in [0.15, 0.2) is 42.5 Å². The third-order valence-electron chi connectivity index (χ3n) is 3.65. The topological polar surface area (TPSA) is 32.3 Å². The standard InChI is InChI=1S/C18H20Cl2N2O/c1-3-22(4-2)16-9-7-15(8-10-16)21-18(23)11-13-5-6-14(19)12-17(13)20/h5-10,12H,3-4,11H2,1-2H3,(H,21,23). The quantitative estimate of drug-likeness (QED) is 0.792. The second-order valence-electron chi connectivity index (χ2n) is 5.18. The van der Waals surface area contributed by atoms with Crippen molar-refractivity contribution < 1.29 is 4.79 Å². The number of nitrogens with zero attached hydrogens (tertiary/aromatic N) is 1. The van der Waals surface area contributed by atoms with Gasteiger partial charge in [-0.3, -0.25) is 4.79 Å². The fraction of sp³-hybridized carbons (Fsp3) is 0.278. The minimum Gasteiger partial charge on any atom is -0.372 e. The third kappa shape index (κ3) is 4.88. The molecule has 0 atom stereocenters. The van der Waals surface area contributed by atoms with Gasteiger partial charge < -0.3 is 10.2 Å². The molecule has 0 aliphatic rings. The zero-order chi connectivity index (χ0) is 16.8. The Kier molecular flexibility index (Phi) is 6.31. The van der Waals surface area contributed by atoms with Crippen molar-refractivity contribution in [2.75, 3.05) is 23.3 Å². The Balaban J connectivity index is 2.00. The first kappa shape index (κ1) is 17.6. The number of carbonyl (C=O) groups excluding carboxylic acids is 1. The molecule has 3 nitrogen and oxygen atoms in total. The molecule has 122 valence electrons. The van der Waals surface area contributed by atoms with E-state index in [4.69, 9.17) is 23.2 Å². The highest BCUT2D eigenvalue weighted by molar-refractivity contribution is 6.35. The maximum atomic E-state index is 12.1. The average molecular weight is 351 g/mol. The summed E-state index contributed by atoms with van der Waals surface area (Å²) in [4.78, 5) is 14.4. The van der Waals surface area contributed by atoms with Gasteiger partial charge in [0.25, 0.3) is 0 Å². The highest BCUT2D eigenvalue weighted by Gasteiger charge is 2.08. The molecule has 0 aliphatic heterocycles. The van der Waals surface area contributed by atoms with Crippen LogP contribution in [-0.4, -0.2) is 19.0 Å². The van der Waals surface area contributed by atoms with E-state index in [0.717, 1.165) is 30.0 Å². The van der Waals surface area contributed by atoms with Crippen molar-refractivity contribution in [3.63, 3.8) is 0 Å². The summed E-state index contributed by atoms with van der Waals surface area (Å²) in [6.45, 7) is 6.15. The van der Waals surface area contributed by atoms with Gasteiger partial charge in [0.15, 0.2) is 0 Å². The zero-order valence-electron chi connectivity index (χ0n) is 13.3. The number of rotatable bonds is 6. The molecular weight excluding hydrogens is 331 g/mol. The van der Waals surface area contributed by atoms with Crippen LogP contribution in [0.3, 0.4) is 0 Å². The van der Waals surface area contributed by atoms with Crippen LogP contribution >= 0.6 is 23.2 Å². The second kappa shape index (κ2) is 8.23. The summed E-state index contributed by atoms with van der Waals surface area (Å²) in [6.07, 6.45) is 0.216. The molecule has 5 heteroatoms. The summed E-state index contributed by atoms with van der Waals surface area (Å²) < 4.78 is 0. The van der Waals surface area contributed by atoms with Crippen LogP contribution in [0.1, 0.15) is 19.4 Å². The van der Waals surface area contributed by atoms with Gasteiger partial charge in [-0.15, -0.1) is 0 Å². The number of nitrogens with one attached hydrogen (secondary N) is 1. The number of amides is 1. The van der Waals surface area contributed by atoms with Crippen LogP contribution in [-0.2, 0) is 11.2 Å². The van der Waals surface area contributed by atoms with E-state index in [-0.39, 0.29) is 12.3 Å². The largest absolute Gasteiger partial charge is 0.372 e. The summed E-state index contributed by atoms with van der Waals surface area (Å²) in [5, 5.41) is 3.95. The van der Waals surface area contributed by atoms with Gasteiger partial charge in [-0.2, -0.15) is 0 Å². The molecule has 0 bridgehead atoms. The van der Waals surface area contributed by atoms with Crippen molar-refractivity contribution in [3.8, 4) is 0 Å². The lowest BCUT2D eigenvalue weighted by Crippen LogP contribution is -2.21. The fourth-order valence-electron chi connectivity index (χ4n) is 2.39. The molecule has 23 heavy (non-hydrogen) atoms. The lowest BCUT2D eigenvalue weighted by molar-refractivity contribution is -0.115. The Morgan fingerprint density at radius 2 is 1.70 bits per heavy atom. The average Bonchev–Trinajstić information content (AvgIpc) is 2.53. The molecule has 2 rings (SSSR count). The maximum absolute atomic E-state index is 12.1. The first-order chi connectivity index (χ1) is 11.0. The lowest BCUT2D eigenvalue weighted by Gasteiger charge is -2.21. The fourth-order valence-corrected chi connectivity index (χ4v) is 2.86. The van der Waals surface area contributed by atoms with Crippen LogP contribution in [0, 0.1) is 0 Å². The van der Waals surface area contributed by atoms with Crippen molar-refractivity contribution in [3.05, 3.63) is 58.1 Å². The first-order valence-corrected chi connectivity index (χ1v) is 8.37. The number of carbonyl (C=O) groups is 1. The Hall–Kier alpha value is -1.71. The van der Waals surface area contributed by atoms with Gasteiger partial charge in [-0.25, -0.2) is 0 Å². The number of anilines is 2. The summed E-state index contributed by atoms with van der Waals surface area (Å²) in [6, 6.07) is 13.0. The summed E-state index contributed by atoms with van der Waals surface area (Å²) >= 11 is 12.0. The highest BCUT2D eigenvalue weighted by Crippen LogP contribution is 2.22. The molecule has 0 saturated carbocycles. The van der Waals surface area contributed by atoms with E-state index < -0.39 is 0 Å². The van der Waals surface area contributed by atoms with Crippen LogP contribution in [0.25, 0.3) is 0 Å². The Morgan fingerprint density at radius 3 is 2.26 bits per heavy atom. The second-order valence-corrected chi connectivity index (χ2v) is 6.02. The van der Waals surface area contributed by atoms with E-state index in [0.29, 0.717) is 10.0 Å². The van der Waals surface area contributed by atoms with E-state index in [1.165, 1.54) is 0 Å². The van der Waals surface area contributed by atoms with Crippen LogP contribution < -0.4 is 10.2 Å². The molecule has 0 saturated heterocycles. The molecule has 0 unspecified atom stereocenters. The number of hydrogen-bond acceptors (Lipinski definition) is 2. The van der Waals surface area contributed by atoms with Gasteiger partial charge in [-0.05, 0) is 55.8 Å². The molecular formula is C18H20Cl2N2O. The van der Waals surface area contributed by atoms with E-state index in [2.05, 4.69) is 24.1 Å². The highest BCUT2D eigenvalue weighted by atomic mass is 35.5. The van der Waals surface area contributed by atoms with Crippen LogP contribution in [0.2, 0.25) is 10.0 Å². The number of benzene rings is 2. The molecule has 0 spiro atoms. The van der Waals surface area contributed by atoms with Gasteiger partial charge in [0.2, 0.25) is 5.91 Å². The van der Waals surface area contributed by atoms with Crippen molar-refractivity contribution in [2.24, 2.45) is 0 Å². The molecule has 2 aromatic carbocycles. The maximum Gasteiger partial charge on any atom is 0.228 e. The minimum absolute atomic E-state index is 0.107. The van der Waals surface area contributed by atoms with E-state index in [1.807, 2.05) is 24.3 Å². The van der Waals surface area contributed by atoms with E-state index in [9.17, 15) is 4.79 Å². The molecule has 1 amide bonds. The summed E-state index contributed by atoms with van der Waals surface area (Å²) in [5.41, 5.74) is 2.68. The predicted octanol–water partition coefficient (Wildman–Crippen LogP) is 5.02. The predicted molar refractivity (Wildman–Crippen MR) is 98.8 cm³/mol. The molecule has 0 heterocycles. The Morgan fingerprint density at radius 1 is 1.04 bits per heavy atom. The Labute approximate surface area is 147 Å². The normalized spacial score (nSPS) is 10.4. The van der Waals surface area contributed by atoms with Crippen molar-refractivity contribution in [1.29, 1.82) is 0 Å². The number of hydrogen-bond donors (Lipinski definition) is 1. The third-order valence-corrected chi connectivity index (χ3v) is 4.23. The van der Waals surface area contributed by atoms with Gasteiger partial charge >= 0.3 is 0 Å². The molecule has 0 radical (unpaired) electrons. The van der Waals surface area contributed by atoms with Crippen LogP contribution in [0.4, 0.5) is 11.4 Å². The van der Waals surface area contributed by atoms with Gasteiger partial charge in [0.05, 0.1) is 6.42 Å². The minimum atomic E-state index is -0.107. The van der Waals surface area contributed by atoms with Gasteiger partial charge in [-0.1, -0.05) is 29.3 Å². The molecule has 2 aromatic rings.